The molecule has 0 unspecified atom stereocenters. The third-order valence-electron chi connectivity index (χ3n) is 5.50. The van der Waals surface area contributed by atoms with Crippen LogP contribution in [0.2, 0.25) is 5.02 Å². The molecule has 0 N–H and O–H groups in total. The number of fused-ring (bicyclic) bond motifs is 1. The van der Waals surface area contributed by atoms with Crippen molar-refractivity contribution in [2.75, 3.05) is 0 Å². The fourth-order valence-electron chi connectivity index (χ4n) is 3.75. The molecule has 0 bridgehead atoms. The number of thioether (sulfide) groups is 1. The Labute approximate surface area is 206 Å². The van der Waals surface area contributed by atoms with Crippen LogP contribution in [0.3, 0.4) is 0 Å². The van der Waals surface area contributed by atoms with Gasteiger partial charge in [0.1, 0.15) is 12.4 Å². The van der Waals surface area contributed by atoms with Crippen LogP contribution < -0.4 is 4.74 Å². The Morgan fingerprint density at radius 2 is 1.59 bits per heavy atom. The number of rotatable bonds is 6. The molecular formula is C28H20ClNO3S. The van der Waals surface area contributed by atoms with Crippen LogP contribution in [0.1, 0.15) is 16.7 Å². The molecule has 0 aliphatic carbocycles. The lowest BCUT2D eigenvalue weighted by Gasteiger charge is -2.13. The van der Waals surface area contributed by atoms with Crippen LogP contribution in [-0.2, 0) is 17.9 Å². The molecule has 168 valence electrons. The molecule has 6 heteroatoms. The summed E-state index contributed by atoms with van der Waals surface area (Å²) in [7, 11) is 0. The van der Waals surface area contributed by atoms with Gasteiger partial charge in [-0.15, -0.1) is 0 Å². The molecule has 1 aliphatic rings. The fourth-order valence-corrected chi connectivity index (χ4v) is 4.71. The summed E-state index contributed by atoms with van der Waals surface area (Å²) in [5.41, 5.74) is 2.72. The number of halogens is 1. The van der Waals surface area contributed by atoms with Gasteiger partial charge in [0, 0.05) is 5.02 Å². The van der Waals surface area contributed by atoms with E-state index < -0.39 is 0 Å². The van der Waals surface area contributed by atoms with Crippen LogP contribution in [0.5, 0.6) is 5.75 Å². The number of ether oxygens (including phenoxy) is 1. The highest BCUT2D eigenvalue weighted by molar-refractivity contribution is 8.18. The van der Waals surface area contributed by atoms with E-state index in [4.69, 9.17) is 16.3 Å². The van der Waals surface area contributed by atoms with Crippen molar-refractivity contribution in [1.29, 1.82) is 0 Å². The zero-order valence-corrected chi connectivity index (χ0v) is 19.7. The van der Waals surface area contributed by atoms with Gasteiger partial charge in [0.05, 0.1) is 11.4 Å². The van der Waals surface area contributed by atoms with Crippen molar-refractivity contribution in [1.82, 2.24) is 4.90 Å². The monoisotopic (exact) mass is 485 g/mol. The molecule has 4 aromatic carbocycles. The van der Waals surface area contributed by atoms with Gasteiger partial charge in [0.15, 0.2) is 0 Å². The van der Waals surface area contributed by atoms with Gasteiger partial charge in [0.25, 0.3) is 11.1 Å². The maximum absolute atomic E-state index is 13.0. The first-order chi connectivity index (χ1) is 16.5. The number of carbonyl (C=O) groups excluding carboxylic acids is 2. The van der Waals surface area contributed by atoms with Crippen LogP contribution in [-0.4, -0.2) is 16.0 Å². The van der Waals surface area contributed by atoms with E-state index in [0.29, 0.717) is 22.3 Å². The molecule has 2 amide bonds. The van der Waals surface area contributed by atoms with E-state index in [9.17, 15) is 9.59 Å². The molecule has 0 radical (unpaired) electrons. The van der Waals surface area contributed by atoms with Crippen molar-refractivity contribution in [2.45, 2.75) is 13.2 Å². The maximum Gasteiger partial charge on any atom is 0.293 e. The molecule has 1 fully saturated rings. The van der Waals surface area contributed by atoms with Crippen LogP contribution in [0.4, 0.5) is 4.79 Å². The van der Waals surface area contributed by atoms with Crippen molar-refractivity contribution in [2.24, 2.45) is 0 Å². The second-order valence-corrected chi connectivity index (χ2v) is 9.37. The number of carbonyl (C=O) groups is 2. The van der Waals surface area contributed by atoms with Gasteiger partial charge < -0.3 is 4.74 Å². The summed E-state index contributed by atoms with van der Waals surface area (Å²) in [6.07, 6.45) is 1.74. The molecule has 4 nitrogen and oxygen atoms in total. The minimum Gasteiger partial charge on any atom is -0.489 e. The number of hydrogen-bond donors (Lipinski definition) is 0. The van der Waals surface area contributed by atoms with Crippen molar-refractivity contribution >= 4 is 51.4 Å². The SMILES string of the molecule is O=C1S/C(=C\c2cccc(OCc3ccc(Cl)cc3)c2)C(=O)N1Cc1ccc2ccccc2c1. The first-order valence-electron chi connectivity index (χ1n) is 10.8. The van der Waals surface area contributed by atoms with E-state index >= 15 is 0 Å². The van der Waals surface area contributed by atoms with E-state index in [1.807, 2.05) is 91.0 Å². The summed E-state index contributed by atoms with van der Waals surface area (Å²) in [5, 5.41) is 2.62. The highest BCUT2D eigenvalue weighted by Crippen LogP contribution is 2.34. The van der Waals surface area contributed by atoms with Gasteiger partial charge in [-0.2, -0.15) is 0 Å². The minimum absolute atomic E-state index is 0.247. The number of benzene rings is 4. The Hall–Kier alpha value is -3.54. The predicted octanol–water partition coefficient (Wildman–Crippen LogP) is 7.31. The van der Waals surface area contributed by atoms with Gasteiger partial charge in [-0.1, -0.05) is 72.3 Å². The Kier molecular flexibility index (Phi) is 6.39. The average Bonchev–Trinajstić information content (AvgIpc) is 3.11. The molecular weight excluding hydrogens is 466 g/mol. The normalized spacial score (nSPS) is 14.9. The third kappa shape index (κ3) is 5.01. The lowest BCUT2D eigenvalue weighted by Crippen LogP contribution is -2.27. The second kappa shape index (κ2) is 9.75. The topological polar surface area (TPSA) is 46.6 Å². The molecule has 5 rings (SSSR count). The summed E-state index contributed by atoms with van der Waals surface area (Å²) in [4.78, 5) is 27.3. The van der Waals surface area contributed by atoms with Gasteiger partial charge >= 0.3 is 0 Å². The van der Waals surface area contributed by atoms with Crippen molar-refractivity contribution in [3.05, 3.63) is 118 Å². The van der Waals surface area contributed by atoms with Gasteiger partial charge in [-0.05, 0) is 75.6 Å². The summed E-state index contributed by atoms with van der Waals surface area (Å²) in [5.74, 6) is 0.398. The molecule has 0 spiro atoms. The second-order valence-electron chi connectivity index (χ2n) is 7.94. The molecule has 1 aliphatic heterocycles. The molecule has 0 aromatic heterocycles. The Morgan fingerprint density at radius 3 is 2.41 bits per heavy atom. The molecule has 0 atom stereocenters. The first kappa shape index (κ1) is 22.3. The van der Waals surface area contributed by atoms with Crippen molar-refractivity contribution in [3.63, 3.8) is 0 Å². The largest absolute Gasteiger partial charge is 0.489 e. The van der Waals surface area contributed by atoms with E-state index in [1.54, 1.807) is 6.08 Å². The lowest BCUT2D eigenvalue weighted by molar-refractivity contribution is -0.123. The van der Waals surface area contributed by atoms with Crippen LogP contribution >= 0.6 is 23.4 Å². The molecule has 34 heavy (non-hydrogen) atoms. The zero-order valence-electron chi connectivity index (χ0n) is 18.1. The van der Waals surface area contributed by atoms with Crippen LogP contribution in [0, 0.1) is 0 Å². The quantitative estimate of drug-likeness (QED) is 0.269. The highest BCUT2D eigenvalue weighted by Gasteiger charge is 2.35. The van der Waals surface area contributed by atoms with E-state index in [-0.39, 0.29) is 17.7 Å². The summed E-state index contributed by atoms with van der Waals surface area (Å²) in [6.45, 7) is 0.653. The Morgan fingerprint density at radius 1 is 0.824 bits per heavy atom. The van der Waals surface area contributed by atoms with E-state index in [2.05, 4.69) is 0 Å². The highest BCUT2D eigenvalue weighted by atomic mass is 35.5. The van der Waals surface area contributed by atoms with Crippen LogP contribution in [0.25, 0.3) is 16.8 Å². The lowest BCUT2D eigenvalue weighted by atomic mass is 10.1. The van der Waals surface area contributed by atoms with Crippen molar-refractivity contribution < 1.29 is 14.3 Å². The first-order valence-corrected chi connectivity index (χ1v) is 11.9. The Balaban J connectivity index is 1.29. The smallest absolute Gasteiger partial charge is 0.293 e. The molecule has 1 saturated heterocycles. The number of hydrogen-bond acceptors (Lipinski definition) is 4. The molecule has 4 aromatic rings. The zero-order chi connectivity index (χ0) is 23.5. The molecule has 1 heterocycles. The predicted molar refractivity (Wildman–Crippen MR) is 138 cm³/mol. The minimum atomic E-state index is -0.282. The van der Waals surface area contributed by atoms with Crippen molar-refractivity contribution in [3.8, 4) is 5.75 Å². The summed E-state index contributed by atoms with van der Waals surface area (Å²) in [6, 6.07) is 28.9. The average molecular weight is 486 g/mol. The van der Waals surface area contributed by atoms with E-state index in [1.165, 1.54) is 4.90 Å². The maximum atomic E-state index is 13.0. The third-order valence-corrected chi connectivity index (χ3v) is 6.66. The van der Waals surface area contributed by atoms with Gasteiger partial charge in [-0.25, -0.2) is 0 Å². The number of nitrogens with zero attached hydrogens (tertiary/aromatic N) is 1. The molecule has 0 saturated carbocycles. The Bertz CT molecular complexity index is 1410. The number of imide groups is 1. The van der Waals surface area contributed by atoms with Gasteiger partial charge in [-0.3, -0.25) is 14.5 Å². The van der Waals surface area contributed by atoms with Crippen LogP contribution in [0.15, 0.2) is 95.9 Å². The number of amides is 2. The summed E-state index contributed by atoms with van der Waals surface area (Å²) >= 11 is 6.89. The van der Waals surface area contributed by atoms with Gasteiger partial charge in [0.2, 0.25) is 0 Å². The van der Waals surface area contributed by atoms with E-state index in [0.717, 1.165) is 39.2 Å². The standard InChI is InChI=1S/C28H20ClNO3S/c29-24-12-9-19(10-13-24)18-33-25-7-3-4-20(15-25)16-26-27(31)30(28(32)34-26)17-21-8-11-22-5-1-2-6-23(22)14-21/h1-16H,17-18H2/b26-16-. The fraction of sp³-hybridized carbons (Fsp3) is 0.0714. The summed E-state index contributed by atoms with van der Waals surface area (Å²) < 4.78 is 5.88.